The molecule has 3 rings (SSSR count). The van der Waals surface area contributed by atoms with Crippen molar-refractivity contribution < 1.29 is 0 Å². The van der Waals surface area contributed by atoms with Gasteiger partial charge in [-0.15, -0.1) is 0 Å². The van der Waals surface area contributed by atoms with Crippen molar-refractivity contribution in [3.8, 4) is 0 Å². The van der Waals surface area contributed by atoms with Crippen molar-refractivity contribution in [2.24, 2.45) is 0 Å². The fourth-order valence-electron chi connectivity index (χ4n) is 2.23. The first-order chi connectivity index (χ1) is 7.77. The summed E-state index contributed by atoms with van der Waals surface area (Å²) in [6.45, 7) is 2.13. The maximum absolute atomic E-state index is 3.50. The Balaban J connectivity index is 2.22. The molecule has 2 aromatic rings. The van der Waals surface area contributed by atoms with E-state index in [1.54, 1.807) is 0 Å². The maximum atomic E-state index is 3.50. The van der Waals surface area contributed by atoms with Crippen LogP contribution in [0, 0.1) is 6.92 Å². The Morgan fingerprint density at radius 2 is 1.69 bits per heavy atom. The molecule has 2 nitrogen and oxygen atoms in total. The van der Waals surface area contributed by atoms with Crippen LogP contribution in [0.4, 0.5) is 22.7 Å². The van der Waals surface area contributed by atoms with Gasteiger partial charge in [0.05, 0.1) is 22.7 Å². The zero-order valence-corrected chi connectivity index (χ0v) is 9.49. The molecule has 0 atom stereocenters. The lowest BCUT2D eigenvalue weighted by Gasteiger charge is -2.31. The third kappa shape index (κ3) is 1.20. The van der Waals surface area contributed by atoms with Gasteiger partial charge in [0.15, 0.2) is 0 Å². The number of nitrogens with one attached hydrogen (secondary N) is 1. The van der Waals surface area contributed by atoms with E-state index in [2.05, 4.69) is 66.7 Å². The van der Waals surface area contributed by atoms with E-state index in [1.165, 1.54) is 28.3 Å². The number of aryl methyl sites for hydroxylation is 1. The maximum Gasteiger partial charge on any atom is 0.0655 e. The Bertz CT molecular complexity index is 546. The minimum Gasteiger partial charge on any atom is -0.352 e. The molecule has 0 amide bonds. The predicted molar refractivity (Wildman–Crippen MR) is 69.0 cm³/mol. The van der Waals surface area contributed by atoms with Gasteiger partial charge in [-0.1, -0.05) is 24.3 Å². The summed E-state index contributed by atoms with van der Waals surface area (Å²) in [4.78, 5) is 2.23. The second-order valence-electron chi connectivity index (χ2n) is 4.17. The van der Waals surface area contributed by atoms with Crippen molar-refractivity contribution in [1.82, 2.24) is 0 Å². The van der Waals surface area contributed by atoms with E-state index in [9.17, 15) is 0 Å². The average molecular weight is 210 g/mol. The Kier molecular flexibility index (Phi) is 1.90. The van der Waals surface area contributed by atoms with Gasteiger partial charge >= 0.3 is 0 Å². The number of fused-ring (bicyclic) bond motifs is 2. The average Bonchev–Trinajstić information content (AvgIpc) is 2.31. The zero-order valence-electron chi connectivity index (χ0n) is 9.49. The van der Waals surface area contributed by atoms with Crippen molar-refractivity contribution in [1.29, 1.82) is 0 Å². The highest BCUT2D eigenvalue weighted by molar-refractivity contribution is 5.92. The monoisotopic (exact) mass is 210 g/mol. The van der Waals surface area contributed by atoms with E-state index in [1.807, 2.05) is 0 Å². The van der Waals surface area contributed by atoms with Gasteiger partial charge in [-0.2, -0.15) is 0 Å². The molecule has 0 bridgehead atoms. The molecule has 0 fully saturated rings. The van der Waals surface area contributed by atoms with Gasteiger partial charge in [0, 0.05) is 7.05 Å². The first kappa shape index (κ1) is 9.28. The second-order valence-corrected chi connectivity index (χ2v) is 4.17. The van der Waals surface area contributed by atoms with Crippen LogP contribution >= 0.6 is 0 Å². The van der Waals surface area contributed by atoms with Crippen molar-refractivity contribution in [2.75, 3.05) is 17.3 Å². The Morgan fingerprint density at radius 3 is 2.56 bits per heavy atom. The lowest BCUT2D eigenvalue weighted by atomic mass is 10.1. The van der Waals surface area contributed by atoms with Crippen LogP contribution < -0.4 is 10.2 Å². The van der Waals surface area contributed by atoms with Gasteiger partial charge in [0.1, 0.15) is 0 Å². The molecule has 0 unspecified atom stereocenters. The molecule has 80 valence electrons. The van der Waals surface area contributed by atoms with Crippen molar-refractivity contribution in [3.63, 3.8) is 0 Å². The predicted octanol–water partition coefficient (Wildman–Crippen LogP) is 3.82. The summed E-state index contributed by atoms with van der Waals surface area (Å²) in [7, 11) is 2.11. The lowest BCUT2D eigenvalue weighted by molar-refractivity contribution is 1.18. The first-order valence-corrected chi connectivity index (χ1v) is 5.47. The molecule has 0 aromatic heterocycles. The molecule has 0 saturated heterocycles. The summed E-state index contributed by atoms with van der Waals surface area (Å²) in [6.07, 6.45) is 0. The highest BCUT2D eigenvalue weighted by Crippen LogP contribution is 2.43. The molecule has 16 heavy (non-hydrogen) atoms. The topological polar surface area (TPSA) is 15.3 Å². The van der Waals surface area contributed by atoms with Crippen LogP contribution in [-0.2, 0) is 0 Å². The number of benzene rings is 2. The van der Waals surface area contributed by atoms with Gasteiger partial charge in [-0.25, -0.2) is 0 Å². The van der Waals surface area contributed by atoms with Crippen LogP contribution in [0.2, 0.25) is 0 Å². The molecule has 0 saturated carbocycles. The third-order valence-corrected chi connectivity index (χ3v) is 3.14. The van der Waals surface area contributed by atoms with E-state index in [-0.39, 0.29) is 0 Å². The summed E-state index contributed by atoms with van der Waals surface area (Å²) >= 11 is 0. The van der Waals surface area contributed by atoms with Crippen LogP contribution in [0.15, 0.2) is 42.5 Å². The highest BCUT2D eigenvalue weighted by Gasteiger charge is 2.19. The quantitative estimate of drug-likeness (QED) is 0.711. The molecule has 1 aliphatic rings. The minimum absolute atomic E-state index is 1.17. The largest absolute Gasteiger partial charge is 0.352 e. The number of para-hydroxylation sites is 3. The van der Waals surface area contributed by atoms with Crippen LogP contribution in [-0.4, -0.2) is 7.05 Å². The van der Waals surface area contributed by atoms with E-state index in [0.29, 0.717) is 0 Å². The molecule has 0 radical (unpaired) electrons. The van der Waals surface area contributed by atoms with Gasteiger partial charge in [-0.05, 0) is 30.7 Å². The number of hydrogen-bond donors (Lipinski definition) is 1. The lowest BCUT2D eigenvalue weighted by Crippen LogP contribution is -2.18. The summed E-state index contributed by atoms with van der Waals surface area (Å²) in [6, 6.07) is 14.7. The first-order valence-electron chi connectivity index (χ1n) is 5.47. The molecule has 1 heterocycles. The van der Waals surface area contributed by atoms with Crippen LogP contribution in [0.3, 0.4) is 0 Å². The SMILES string of the molecule is Cc1cccc2c1Nc1ccccc1N2C. The normalized spacial score (nSPS) is 12.8. The highest BCUT2D eigenvalue weighted by atomic mass is 15.2. The molecule has 1 N–H and O–H groups in total. The van der Waals surface area contributed by atoms with Crippen molar-refractivity contribution in [2.45, 2.75) is 6.92 Å². The summed E-state index contributed by atoms with van der Waals surface area (Å²) < 4.78 is 0. The third-order valence-electron chi connectivity index (χ3n) is 3.14. The number of hydrogen-bond acceptors (Lipinski definition) is 2. The summed E-state index contributed by atoms with van der Waals surface area (Å²) in [5.74, 6) is 0. The number of nitrogens with zero attached hydrogens (tertiary/aromatic N) is 1. The smallest absolute Gasteiger partial charge is 0.0655 e. The fourth-order valence-corrected chi connectivity index (χ4v) is 2.23. The summed E-state index contributed by atoms with van der Waals surface area (Å²) in [5, 5.41) is 3.50. The van der Waals surface area contributed by atoms with Gasteiger partial charge in [-0.3, -0.25) is 0 Å². The Labute approximate surface area is 95.5 Å². The van der Waals surface area contributed by atoms with E-state index >= 15 is 0 Å². The van der Waals surface area contributed by atoms with Gasteiger partial charge in [0.2, 0.25) is 0 Å². The summed E-state index contributed by atoms with van der Waals surface area (Å²) in [5.41, 5.74) is 6.12. The van der Waals surface area contributed by atoms with Crippen molar-refractivity contribution in [3.05, 3.63) is 48.0 Å². The number of rotatable bonds is 0. The molecule has 2 aromatic carbocycles. The van der Waals surface area contributed by atoms with Crippen LogP contribution in [0.1, 0.15) is 5.56 Å². The molecule has 0 spiro atoms. The van der Waals surface area contributed by atoms with Gasteiger partial charge < -0.3 is 10.2 Å². The Hall–Kier alpha value is -1.96. The molecule has 0 aliphatic carbocycles. The number of anilines is 4. The van der Waals surface area contributed by atoms with Gasteiger partial charge in [0.25, 0.3) is 0 Å². The van der Waals surface area contributed by atoms with Crippen molar-refractivity contribution >= 4 is 22.7 Å². The zero-order chi connectivity index (χ0) is 11.1. The van der Waals surface area contributed by atoms with Crippen LogP contribution in [0.25, 0.3) is 0 Å². The minimum atomic E-state index is 1.17. The van der Waals surface area contributed by atoms with E-state index in [0.717, 1.165) is 0 Å². The van der Waals surface area contributed by atoms with Crippen LogP contribution in [0.5, 0.6) is 0 Å². The molecule has 2 heteroatoms. The molecular formula is C14H14N2. The fraction of sp³-hybridized carbons (Fsp3) is 0.143. The second kappa shape index (κ2) is 3.27. The standard InChI is InChI=1S/C14H14N2/c1-10-6-5-9-13-14(10)15-11-7-3-4-8-12(11)16(13)2/h3-9,15H,1-2H3. The Morgan fingerprint density at radius 1 is 0.938 bits per heavy atom. The van der Waals surface area contributed by atoms with E-state index < -0.39 is 0 Å². The van der Waals surface area contributed by atoms with E-state index in [4.69, 9.17) is 0 Å². The molecular weight excluding hydrogens is 196 g/mol. The molecule has 1 aliphatic heterocycles.